The molecule has 0 amide bonds. The van der Waals surface area contributed by atoms with E-state index in [9.17, 15) is 4.39 Å². The highest BCUT2D eigenvalue weighted by Gasteiger charge is 2.04. The van der Waals surface area contributed by atoms with Gasteiger partial charge in [-0.15, -0.1) is 0 Å². The van der Waals surface area contributed by atoms with E-state index in [0.717, 1.165) is 6.42 Å². The minimum atomic E-state index is -0.429. The van der Waals surface area contributed by atoms with Crippen molar-refractivity contribution in [1.82, 2.24) is 9.78 Å². The zero-order chi connectivity index (χ0) is 7.56. The first-order chi connectivity index (χ1) is 4.75. The van der Waals surface area contributed by atoms with Crippen LogP contribution in [-0.4, -0.2) is 9.78 Å². The third-order valence-electron chi connectivity index (χ3n) is 1.24. The highest BCUT2D eigenvalue weighted by atomic mass is 19.1. The molecule has 1 aromatic heterocycles. The minimum Gasteiger partial charge on any atom is -0.394 e. The molecule has 1 rings (SSSR count). The van der Waals surface area contributed by atoms with Crippen molar-refractivity contribution in [2.24, 2.45) is 0 Å². The van der Waals surface area contributed by atoms with Gasteiger partial charge in [0, 0.05) is 6.54 Å². The molecular weight excluding hydrogens is 133 g/mol. The Balaban J connectivity index is 2.83. The van der Waals surface area contributed by atoms with Crippen LogP contribution in [0.2, 0.25) is 0 Å². The van der Waals surface area contributed by atoms with Crippen LogP contribution >= 0.6 is 0 Å². The van der Waals surface area contributed by atoms with Crippen molar-refractivity contribution in [3.63, 3.8) is 0 Å². The first-order valence-electron chi connectivity index (χ1n) is 3.22. The van der Waals surface area contributed by atoms with Gasteiger partial charge in [-0.05, 0) is 6.42 Å². The molecule has 0 spiro atoms. The number of nitrogens with two attached hydrogens (primary N) is 1. The van der Waals surface area contributed by atoms with Gasteiger partial charge in [0.1, 0.15) is 5.69 Å². The normalized spacial score (nSPS) is 10.2. The maximum absolute atomic E-state index is 12.7. The smallest absolute Gasteiger partial charge is 0.234 e. The van der Waals surface area contributed by atoms with Gasteiger partial charge in [0.05, 0.1) is 6.20 Å². The van der Waals surface area contributed by atoms with Crippen molar-refractivity contribution in [2.75, 3.05) is 5.73 Å². The van der Waals surface area contributed by atoms with Crippen molar-refractivity contribution in [3.8, 4) is 0 Å². The molecule has 4 heteroatoms. The Labute approximate surface area is 58.6 Å². The van der Waals surface area contributed by atoms with Crippen molar-refractivity contribution >= 4 is 5.69 Å². The molecule has 0 saturated carbocycles. The predicted octanol–water partition coefficient (Wildman–Crippen LogP) is 1.01. The van der Waals surface area contributed by atoms with Gasteiger partial charge >= 0.3 is 0 Å². The summed E-state index contributed by atoms with van der Waals surface area (Å²) in [5.41, 5.74) is 5.33. The average molecular weight is 143 g/mol. The summed E-state index contributed by atoms with van der Waals surface area (Å²) < 4.78 is 14.0. The van der Waals surface area contributed by atoms with Crippen LogP contribution in [0.15, 0.2) is 6.20 Å². The number of rotatable bonds is 2. The quantitative estimate of drug-likeness (QED) is 0.671. The average Bonchev–Trinajstić information content (AvgIpc) is 2.20. The number of aryl methyl sites for hydroxylation is 1. The summed E-state index contributed by atoms with van der Waals surface area (Å²) >= 11 is 0. The van der Waals surface area contributed by atoms with Crippen LogP contribution in [0.5, 0.6) is 0 Å². The van der Waals surface area contributed by atoms with Crippen molar-refractivity contribution in [1.29, 1.82) is 0 Å². The number of hydrogen-bond acceptors (Lipinski definition) is 2. The molecule has 10 heavy (non-hydrogen) atoms. The molecule has 0 aliphatic rings. The molecule has 0 bridgehead atoms. The fourth-order valence-corrected chi connectivity index (χ4v) is 0.753. The minimum absolute atomic E-state index is 0.119. The lowest BCUT2D eigenvalue weighted by molar-refractivity contribution is 0.455. The molecule has 0 saturated heterocycles. The summed E-state index contributed by atoms with van der Waals surface area (Å²) in [7, 11) is 0. The van der Waals surface area contributed by atoms with E-state index in [2.05, 4.69) is 5.10 Å². The zero-order valence-electron chi connectivity index (χ0n) is 5.84. The maximum atomic E-state index is 12.7. The van der Waals surface area contributed by atoms with Crippen LogP contribution in [0.1, 0.15) is 13.3 Å². The lowest BCUT2D eigenvalue weighted by Gasteiger charge is -1.96. The van der Waals surface area contributed by atoms with Gasteiger partial charge in [-0.1, -0.05) is 6.92 Å². The van der Waals surface area contributed by atoms with Crippen LogP contribution in [0.3, 0.4) is 0 Å². The van der Waals surface area contributed by atoms with Gasteiger partial charge in [-0.3, -0.25) is 0 Å². The molecule has 0 aliphatic carbocycles. The highest BCUT2D eigenvalue weighted by molar-refractivity contribution is 5.32. The summed E-state index contributed by atoms with van der Waals surface area (Å²) in [6.45, 7) is 2.54. The molecule has 56 valence electrons. The Morgan fingerprint density at radius 3 is 2.90 bits per heavy atom. The van der Waals surface area contributed by atoms with Crippen molar-refractivity contribution in [2.45, 2.75) is 19.9 Å². The first-order valence-corrected chi connectivity index (χ1v) is 3.22. The van der Waals surface area contributed by atoms with E-state index in [1.54, 1.807) is 0 Å². The Morgan fingerprint density at radius 1 is 1.80 bits per heavy atom. The molecule has 1 aromatic rings. The van der Waals surface area contributed by atoms with E-state index in [0.29, 0.717) is 6.54 Å². The third kappa shape index (κ3) is 1.10. The van der Waals surface area contributed by atoms with Crippen molar-refractivity contribution in [3.05, 3.63) is 12.1 Å². The third-order valence-corrected chi connectivity index (χ3v) is 1.24. The summed E-state index contributed by atoms with van der Waals surface area (Å²) in [4.78, 5) is 0. The highest BCUT2D eigenvalue weighted by Crippen LogP contribution is 2.07. The maximum Gasteiger partial charge on any atom is 0.234 e. The molecule has 2 N–H and O–H groups in total. The fraction of sp³-hybridized carbons (Fsp3) is 0.500. The van der Waals surface area contributed by atoms with E-state index in [1.165, 1.54) is 10.9 Å². The summed E-state index contributed by atoms with van der Waals surface area (Å²) in [6.07, 6.45) is 2.18. The van der Waals surface area contributed by atoms with Crippen molar-refractivity contribution < 1.29 is 4.39 Å². The molecule has 0 aromatic carbocycles. The van der Waals surface area contributed by atoms with E-state index in [1.807, 2.05) is 6.92 Å². The molecule has 3 nitrogen and oxygen atoms in total. The van der Waals surface area contributed by atoms with Crippen LogP contribution in [0, 0.1) is 5.95 Å². The Kier molecular flexibility index (Phi) is 1.89. The van der Waals surface area contributed by atoms with Gasteiger partial charge in [-0.2, -0.15) is 9.49 Å². The number of hydrogen-bond donors (Lipinski definition) is 1. The van der Waals surface area contributed by atoms with Gasteiger partial charge < -0.3 is 5.73 Å². The van der Waals surface area contributed by atoms with Crippen LogP contribution in [0.25, 0.3) is 0 Å². The lowest BCUT2D eigenvalue weighted by Crippen LogP contribution is -2.02. The predicted molar refractivity (Wildman–Crippen MR) is 36.9 cm³/mol. The summed E-state index contributed by atoms with van der Waals surface area (Å²) in [5, 5.41) is 3.72. The first kappa shape index (κ1) is 7.05. The number of halogens is 1. The number of anilines is 1. The molecule has 0 radical (unpaired) electrons. The number of nitrogens with zero attached hydrogens (tertiary/aromatic N) is 2. The van der Waals surface area contributed by atoms with E-state index >= 15 is 0 Å². The standard InChI is InChI=1S/C6H10FN3/c1-2-3-10-6(7)5(8)4-9-10/h4H,2-3,8H2,1H3. The van der Waals surface area contributed by atoms with Crippen LogP contribution < -0.4 is 5.73 Å². The second-order valence-corrected chi connectivity index (χ2v) is 2.11. The molecule has 0 fully saturated rings. The van der Waals surface area contributed by atoms with Gasteiger partial charge in [0.15, 0.2) is 0 Å². The second-order valence-electron chi connectivity index (χ2n) is 2.11. The lowest BCUT2D eigenvalue weighted by atomic mass is 10.5. The largest absolute Gasteiger partial charge is 0.394 e. The zero-order valence-corrected chi connectivity index (χ0v) is 5.84. The van der Waals surface area contributed by atoms with Crippen LogP contribution in [0.4, 0.5) is 10.1 Å². The SMILES string of the molecule is CCCn1ncc(N)c1F. The van der Waals surface area contributed by atoms with E-state index in [4.69, 9.17) is 5.73 Å². The monoisotopic (exact) mass is 143 g/mol. The molecule has 0 aliphatic heterocycles. The molecule has 1 heterocycles. The van der Waals surface area contributed by atoms with Gasteiger partial charge in [0.25, 0.3) is 0 Å². The van der Waals surface area contributed by atoms with Gasteiger partial charge in [-0.25, -0.2) is 4.68 Å². The molecular formula is C6H10FN3. The molecule has 0 unspecified atom stereocenters. The Morgan fingerprint density at radius 2 is 2.50 bits per heavy atom. The van der Waals surface area contributed by atoms with E-state index in [-0.39, 0.29) is 5.69 Å². The summed E-state index contributed by atoms with van der Waals surface area (Å²) in [6, 6.07) is 0. The Bertz CT molecular complexity index is 219. The summed E-state index contributed by atoms with van der Waals surface area (Å²) in [5.74, 6) is -0.429. The fourth-order valence-electron chi connectivity index (χ4n) is 0.753. The van der Waals surface area contributed by atoms with Gasteiger partial charge in [0.2, 0.25) is 5.95 Å². The number of aromatic nitrogens is 2. The van der Waals surface area contributed by atoms with E-state index < -0.39 is 5.95 Å². The second kappa shape index (κ2) is 2.68. The van der Waals surface area contributed by atoms with Crippen LogP contribution in [-0.2, 0) is 6.54 Å². The molecule has 0 atom stereocenters. The topological polar surface area (TPSA) is 43.8 Å². The Hall–Kier alpha value is -1.06. The number of nitrogen functional groups attached to an aromatic ring is 1.